The van der Waals surface area contributed by atoms with Crippen LogP contribution in [0.5, 0.6) is 0 Å². The van der Waals surface area contributed by atoms with Crippen LogP contribution in [0.15, 0.2) is 24.3 Å². The molecule has 0 heterocycles. The number of benzene rings is 1. The van der Waals surface area contributed by atoms with Gasteiger partial charge in [0.15, 0.2) is 0 Å². The smallest absolute Gasteiger partial charge is 0.269 e. The molecule has 0 fully saturated rings. The van der Waals surface area contributed by atoms with Crippen LogP contribution in [0.2, 0.25) is 0 Å². The third-order valence-electron chi connectivity index (χ3n) is 2.12. The molecule has 0 aliphatic heterocycles. The molecule has 92 valence electrons. The Morgan fingerprint density at radius 3 is 2.88 bits per heavy atom. The van der Waals surface area contributed by atoms with Gasteiger partial charge in [-0.25, -0.2) is 0 Å². The molecule has 0 saturated carbocycles. The number of hydrogen-bond acceptors (Lipinski definition) is 4. The second kappa shape index (κ2) is 5.95. The van der Waals surface area contributed by atoms with Crippen LogP contribution in [0.25, 0.3) is 0 Å². The first kappa shape index (κ1) is 13.1. The molecule has 6 nitrogen and oxygen atoms in total. The second-order valence-electron chi connectivity index (χ2n) is 3.89. The van der Waals surface area contributed by atoms with Crippen molar-refractivity contribution in [3.8, 4) is 0 Å². The Balaban J connectivity index is 2.54. The van der Waals surface area contributed by atoms with Crippen LogP contribution in [0.3, 0.4) is 0 Å². The van der Waals surface area contributed by atoms with E-state index < -0.39 is 4.92 Å². The molecule has 1 amide bonds. The zero-order valence-corrected chi connectivity index (χ0v) is 9.55. The maximum Gasteiger partial charge on any atom is 0.269 e. The predicted molar refractivity (Wildman–Crippen MR) is 63.2 cm³/mol. The zero-order chi connectivity index (χ0) is 12.8. The van der Waals surface area contributed by atoms with Crippen molar-refractivity contribution >= 4 is 11.6 Å². The van der Waals surface area contributed by atoms with Gasteiger partial charge in [0.2, 0.25) is 5.91 Å². The van der Waals surface area contributed by atoms with Gasteiger partial charge in [-0.15, -0.1) is 0 Å². The number of hydrogen-bond donors (Lipinski definition) is 2. The lowest BCUT2D eigenvalue weighted by Gasteiger charge is -2.07. The van der Waals surface area contributed by atoms with E-state index in [0.29, 0.717) is 5.56 Å². The third-order valence-corrected chi connectivity index (χ3v) is 2.12. The minimum Gasteiger partial charge on any atom is -0.352 e. The Kier molecular flexibility index (Phi) is 4.59. The summed E-state index contributed by atoms with van der Waals surface area (Å²) >= 11 is 0. The number of carbonyl (C=O) groups excluding carboxylic acids is 1. The molecule has 17 heavy (non-hydrogen) atoms. The number of amides is 1. The number of nitrogens with zero attached hydrogens (tertiary/aromatic N) is 1. The summed E-state index contributed by atoms with van der Waals surface area (Å²) < 4.78 is 0. The summed E-state index contributed by atoms with van der Waals surface area (Å²) in [6.45, 7) is 2.01. The Bertz CT molecular complexity index is 418. The fraction of sp³-hybridized carbons (Fsp3) is 0.364. The molecule has 0 aromatic heterocycles. The molecule has 1 aromatic carbocycles. The van der Waals surface area contributed by atoms with Crippen LogP contribution in [0.1, 0.15) is 18.9 Å². The topological polar surface area (TPSA) is 98.3 Å². The molecule has 0 radical (unpaired) electrons. The maximum atomic E-state index is 11.3. The minimum atomic E-state index is -0.465. The fourth-order valence-corrected chi connectivity index (χ4v) is 1.35. The van der Waals surface area contributed by atoms with Gasteiger partial charge in [-0.05, 0) is 12.5 Å². The number of non-ortho nitro benzene ring substituents is 1. The molecule has 0 spiro atoms. The number of nitro groups is 1. The lowest BCUT2D eigenvalue weighted by molar-refractivity contribution is -0.384. The van der Waals surface area contributed by atoms with Gasteiger partial charge in [0.25, 0.3) is 5.69 Å². The summed E-state index contributed by atoms with van der Waals surface area (Å²) in [5.74, 6) is -0.161. The Morgan fingerprint density at radius 2 is 2.29 bits per heavy atom. The summed E-state index contributed by atoms with van der Waals surface area (Å²) in [5.41, 5.74) is 6.19. The lowest BCUT2D eigenvalue weighted by Crippen LogP contribution is -2.29. The molecule has 0 bridgehead atoms. The second-order valence-corrected chi connectivity index (χ2v) is 3.89. The summed E-state index contributed by atoms with van der Waals surface area (Å²) in [7, 11) is 0. The van der Waals surface area contributed by atoms with E-state index >= 15 is 0 Å². The Labute approximate surface area is 99.0 Å². The first-order valence-electron chi connectivity index (χ1n) is 5.24. The van der Waals surface area contributed by atoms with Crippen molar-refractivity contribution in [3.63, 3.8) is 0 Å². The minimum absolute atomic E-state index is 0.0175. The van der Waals surface area contributed by atoms with E-state index in [4.69, 9.17) is 5.73 Å². The van der Waals surface area contributed by atoms with Gasteiger partial charge in [0.1, 0.15) is 0 Å². The molecular weight excluding hydrogens is 222 g/mol. The average Bonchev–Trinajstić information content (AvgIpc) is 2.26. The number of carbonyl (C=O) groups is 1. The van der Waals surface area contributed by atoms with Crippen LogP contribution in [-0.4, -0.2) is 16.9 Å². The van der Waals surface area contributed by atoms with E-state index in [1.54, 1.807) is 19.1 Å². The number of nitrogens with one attached hydrogen (secondary N) is 1. The molecule has 1 atom stereocenters. The van der Waals surface area contributed by atoms with Gasteiger partial charge in [0, 0.05) is 31.1 Å². The molecule has 1 aromatic rings. The molecule has 0 saturated heterocycles. The van der Waals surface area contributed by atoms with Gasteiger partial charge in [-0.3, -0.25) is 14.9 Å². The Morgan fingerprint density at radius 1 is 1.59 bits per heavy atom. The molecule has 0 aliphatic rings. The highest BCUT2D eigenvalue weighted by Crippen LogP contribution is 2.12. The van der Waals surface area contributed by atoms with Crippen LogP contribution in [-0.2, 0) is 11.3 Å². The predicted octanol–water partition coefficient (Wildman–Crippen LogP) is 0.948. The first-order chi connectivity index (χ1) is 7.99. The van der Waals surface area contributed by atoms with Crippen LogP contribution in [0.4, 0.5) is 5.69 Å². The van der Waals surface area contributed by atoms with Crippen molar-refractivity contribution in [2.75, 3.05) is 0 Å². The van der Waals surface area contributed by atoms with E-state index in [-0.39, 0.29) is 30.6 Å². The summed E-state index contributed by atoms with van der Waals surface area (Å²) in [4.78, 5) is 21.4. The van der Waals surface area contributed by atoms with Gasteiger partial charge in [-0.1, -0.05) is 12.1 Å². The third kappa shape index (κ3) is 4.60. The highest BCUT2D eigenvalue weighted by atomic mass is 16.6. The van der Waals surface area contributed by atoms with Crippen molar-refractivity contribution in [3.05, 3.63) is 39.9 Å². The van der Waals surface area contributed by atoms with E-state index in [0.717, 1.165) is 0 Å². The van der Waals surface area contributed by atoms with Crippen LogP contribution in [0, 0.1) is 10.1 Å². The standard InChI is InChI=1S/C11H15N3O3/c1-8(12)5-11(15)13-7-9-3-2-4-10(6-9)14(16)17/h2-4,6,8H,5,7,12H2,1H3,(H,13,15). The molecule has 0 aliphatic carbocycles. The van der Waals surface area contributed by atoms with Crippen LogP contribution >= 0.6 is 0 Å². The molecular formula is C11H15N3O3. The van der Waals surface area contributed by atoms with Crippen molar-refractivity contribution in [1.82, 2.24) is 5.32 Å². The van der Waals surface area contributed by atoms with Gasteiger partial charge >= 0.3 is 0 Å². The van der Waals surface area contributed by atoms with E-state index in [2.05, 4.69) is 5.32 Å². The fourth-order valence-electron chi connectivity index (χ4n) is 1.35. The summed E-state index contributed by atoms with van der Waals surface area (Å²) in [6.07, 6.45) is 0.245. The number of nitrogens with two attached hydrogens (primary N) is 1. The number of rotatable bonds is 5. The van der Waals surface area contributed by atoms with E-state index in [1.807, 2.05) is 0 Å². The highest BCUT2D eigenvalue weighted by molar-refractivity contribution is 5.76. The number of nitro benzene ring substituents is 1. The van der Waals surface area contributed by atoms with E-state index in [1.165, 1.54) is 12.1 Å². The average molecular weight is 237 g/mol. The van der Waals surface area contributed by atoms with Gasteiger partial charge in [-0.2, -0.15) is 0 Å². The first-order valence-corrected chi connectivity index (χ1v) is 5.24. The molecule has 6 heteroatoms. The quantitative estimate of drug-likeness (QED) is 0.588. The van der Waals surface area contributed by atoms with Gasteiger partial charge in [0.05, 0.1) is 4.92 Å². The highest BCUT2D eigenvalue weighted by Gasteiger charge is 2.07. The zero-order valence-electron chi connectivity index (χ0n) is 9.55. The SMILES string of the molecule is CC(N)CC(=O)NCc1cccc([N+](=O)[O-])c1. The van der Waals surface area contributed by atoms with Crippen molar-refractivity contribution in [2.24, 2.45) is 5.73 Å². The van der Waals surface area contributed by atoms with Gasteiger partial charge < -0.3 is 11.1 Å². The summed E-state index contributed by atoms with van der Waals surface area (Å²) in [6, 6.07) is 5.96. The molecule has 3 N–H and O–H groups in total. The normalized spacial score (nSPS) is 11.9. The van der Waals surface area contributed by atoms with Crippen molar-refractivity contribution < 1.29 is 9.72 Å². The maximum absolute atomic E-state index is 11.3. The molecule has 1 rings (SSSR count). The van der Waals surface area contributed by atoms with Crippen molar-refractivity contribution in [2.45, 2.75) is 25.9 Å². The Hall–Kier alpha value is -1.95. The molecule has 1 unspecified atom stereocenters. The van der Waals surface area contributed by atoms with Crippen molar-refractivity contribution in [1.29, 1.82) is 0 Å². The van der Waals surface area contributed by atoms with Crippen LogP contribution < -0.4 is 11.1 Å². The monoisotopic (exact) mass is 237 g/mol. The lowest BCUT2D eigenvalue weighted by atomic mass is 10.2. The summed E-state index contributed by atoms with van der Waals surface area (Å²) in [5, 5.41) is 13.2. The largest absolute Gasteiger partial charge is 0.352 e. The van der Waals surface area contributed by atoms with E-state index in [9.17, 15) is 14.9 Å².